The second-order valence-corrected chi connectivity index (χ2v) is 11.4. The highest BCUT2D eigenvalue weighted by molar-refractivity contribution is 5.95. The largest absolute Gasteiger partial charge is 0.586 e. The molecule has 0 bridgehead atoms. The molecule has 1 fully saturated rings. The Morgan fingerprint density at radius 1 is 0.917 bits per heavy atom. The molecule has 1 aromatic heterocycles. The maximum Gasteiger partial charge on any atom is 0.586 e. The molecule has 2 N–H and O–H groups in total. The average Bonchev–Trinajstić information content (AvgIpc) is 3.36. The quantitative estimate of drug-likeness (QED) is 0.207. The molecule has 3 aromatic carbocycles. The van der Waals surface area contributed by atoms with E-state index in [-0.39, 0.29) is 53.1 Å². The van der Waals surface area contributed by atoms with E-state index in [9.17, 15) is 31.5 Å². The third-order valence-corrected chi connectivity index (χ3v) is 8.22. The SMILES string of the molecule is O=C(CC(c1ccc(F)cc1)c1cc(F)cc(F)c1)Nc1cncc(F)c1CC[C@H]1CNCCN1C(=O)c1ccc2c(c1)OC(F)(F)O2. The Hall–Kier alpha value is -5.11. The van der Waals surface area contributed by atoms with Crippen LogP contribution in [0.2, 0.25) is 0 Å². The van der Waals surface area contributed by atoms with Gasteiger partial charge >= 0.3 is 6.29 Å². The smallest absolute Gasteiger partial charge is 0.395 e. The molecule has 0 spiro atoms. The van der Waals surface area contributed by atoms with Crippen molar-refractivity contribution in [3.8, 4) is 11.5 Å². The Morgan fingerprint density at radius 3 is 2.40 bits per heavy atom. The molecule has 2 aliphatic heterocycles. The summed E-state index contributed by atoms with van der Waals surface area (Å²) in [5.41, 5.74) is 0.884. The van der Waals surface area contributed by atoms with E-state index < -0.39 is 53.3 Å². The molecule has 0 saturated carbocycles. The molecule has 1 unspecified atom stereocenters. The molecule has 0 radical (unpaired) electrons. The number of pyridine rings is 1. The van der Waals surface area contributed by atoms with Gasteiger partial charge < -0.3 is 25.0 Å². The number of nitrogens with zero attached hydrogens (tertiary/aromatic N) is 2. The number of halogens is 6. The predicted molar refractivity (Wildman–Crippen MR) is 161 cm³/mol. The van der Waals surface area contributed by atoms with Crippen LogP contribution in [0.3, 0.4) is 0 Å². The van der Waals surface area contributed by atoms with Crippen molar-refractivity contribution in [2.45, 2.75) is 37.5 Å². The number of hydrogen-bond donors (Lipinski definition) is 2. The lowest BCUT2D eigenvalue weighted by Crippen LogP contribution is -2.53. The first-order valence-corrected chi connectivity index (χ1v) is 15.0. The van der Waals surface area contributed by atoms with E-state index in [1.54, 1.807) is 4.90 Å². The van der Waals surface area contributed by atoms with E-state index in [4.69, 9.17) is 0 Å². The highest BCUT2D eigenvalue weighted by Crippen LogP contribution is 2.41. The van der Waals surface area contributed by atoms with Gasteiger partial charge in [-0.25, -0.2) is 17.6 Å². The number of alkyl halides is 2. The number of carbonyl (C=O) groups is 2. The first-order chi connectivity index (χ1) is 23.0. The van der Waals surface area contributed by atoms with Gasteiger partial charge in [0.2, 0.25) is 5.91 Å². The van der Waals surface area contributed by atoms with Gasteiger partial charge in [0.15, 0.2) is 11.5 Å². The van der Waals surface area contributed by atoms with E-state index in [0.717, 1.165) is 18.3 Å². The zero-order chi connectivity index (χ0) is 34.0. The van der Waals surface area contributed by atoms with Gasteiger partial charge in [0.25, 0.3) is 5.91 Å². The van der Waals surface area contributed by atoms with Gasteiger partial charge in [-0.2, -0.15) is 0 Å². The number of anilines is 1. The van der Waals surface area contributed by atoms with Gasteiger partial charge in [-0.05, 0) is 66.4 Å². The first kappa shape index (κ1) is 32.8. The van der Waals surface area contributed by atoms with Crippen LogP contribution in [0.15, 0.2) is 73.1 Å². The summed E-state index contributed by atoms with van der Waals surface area (Å²) in [5, 5.41) is 5.85. The Kier molecular flexibility index (Phi) is 9.27. The third kappa shape index (κ3) is 7.38. The van der Waals surface area contributed by atoms with Gasteiger partial charge in [-0.1, -0.05) is 12.1 Å². The van der Waals surface area contributed by atoms with Crippen molar-refractivity contribution >= 4 is 17.5 Å². The summed E-state index contributed by atoms with van der Waals surface area (Å²) >= 11 is 0. The van der Waals surface area contributed by atoms with Crippen molar-refractivity contribution in [2.75, 3.05) is 25.0 Å². The summed E-state index contributed by atoms with van der Waals surface area (Å²) in [4.78, 5) is 32.2. The molecule has 1 saturated heterocycles. The number of piperazine rings is 1. The zero-order valence-corrected chi connectivity index (χ0v) is 25.1. The van der Waals surface area contributed by atoms with Crippen LogP contribution in [-0.4, -0.2) is 53.7 Å². The topological polar surface area (TPSA) is 92.8 Å². The van der Waals surface area contributed by atoms with E-state index in [2.05, 4.69) is 25.1 Å². The summed E-state index contributed by atoms with van der Waals surface area (Å²) < 4.78 is 93.0. The van der Waals surface area contributed by atoms with Crippen LogP contribution in [0.4, 0.5) is 32.0 Å². The fraction of sp³-hybridized carbons (Fsp3) is 0.265. The summed E-state index contributed by atoms with van der Waals surface area (Å²) in [5.74, 6) is -5.30. The van der Waals surface area contributed by atoms with Crippen LogP contribution in [0.25, 0.3) is 0 Å². The Labute approximate surface area is 270 Å². The van der Waals surface area contributed by atoms with Crippen LogP contribution in [0.5, 0.6) is 11.5 Å². The number of benzene rings is 3. The minimum Gasteiger partial charge on any atom is -0.395 e. The van der Waals surface area contributed by atoms with Crippen LogP contribution >= 0.6 is 0 Å². The highest BCUT2D eigenvalue weighted by Gasteiger charge is 2.44. The normalized spacial score (nSPS) is 17.2. The lowest BCUT2D eigenvalue weighted by molar-refractivity contribution is -0.286. The Morgan fingerprint density at radius 2 is 1.65 bits per heavy atom. The maximum absolute atomic E-state index is 15.2. The lowest BCUT2D eigenvalue weighted by atomic mass is 9.88. The number of fused-ring (bicyclic) bond motifs is 1. The van der Waals surface area contributed by atoms with Crippen LogP contribution in [0.1, 0.15) is 45.8 Å². The van der Waals surface area contributed by atoms with Gasteiger partial charge in [-0.3, -0.25) is 14.6 Å². The molecule has 6 rings (SSSR count). The highest BCUT2D eigenvalue weighted by atomic mass is 19.3. The second-order valence-electron chi connectivity index (χ2n) is 11.4. The zero-order valence-electron chi connectivity index (χ0n) is 25.1. The van der Waals surface area contributed by atoms with E-state index >= 15 is 4.39 Å². The van der Waals surface area contributed by atoms with Gasteiger partial charge in [0, 0.05) is 55.2 Å². The molecule has 2 atom stereocenters. The van der Waals surface area contributed by atoms with Gasteiger partial charge in [-0.15, -0.1) is 8.78 Å². The fourth-order valence-electron chi connectivity index (χ4n) is 5.95. The maximum atomic E-state index is 15.2. The summed E-state index contributed by atoms with van der Waals surface area (Å²) in [7, 11) is 0. The van der Waals surface area contributed by atoms with Crippen molar-refractivity contribution in [2.24, 2.45) is 0 Å². The number of carbonyl (C=O) groups excluding carboxylic acids is 2. The number of rotatable bonds is 9. The predicted octanol–water partition coefficient (Wildman–Crippen LogP) is 6.17. The molecule has 4 aromatic rings. The van der Waals surface area contributed by atoms with Crippen LogP contribution in [0, 0.1) is 23.3 Å². The van der Waals surface area contributed by atoms with Crippen molar-refractivity contribution in [3.63, 3.8) is 0 Å². The Balaban J connectivity index is 1.17. The summed E-state index contributed by atoms with van der Waals surface area (Å²) in [6, 6.07) is 11.4. The monoisotopic (exact) mass is 670 g/mol. The molecule has 0 aliphatic carbocycles. The summed E-state index contributed by atoms with van der Waals surface area (Å²) in [6.45, 7) is 1.13. The van der Waals surface area contributed by atoms with E-state index in [1.165, 1.54) is 48.7 Å². The number of amides is 2. The summed E-state index contributed by atoms with van der Waals surface area (Å²) in [6.07, 6.45) is -1.55. The molecular formula is C34H28F6N4O4. The average molecular weight is 671 g/mol. The molecule has 2 aliphatic rings. The van der Waals surface area contributed by atoms with E-state index in [0.29, 0.717) is 31.3 Å². The number of hydrogen-bond acceptors (Lipinski definition) is 6. The molecule has 14 heteroatoms. The standard InChI is InChI=1S/C34H28F6N4O4/c35-22-4-1-19(2-5-22)27(21-11-23(36)14-24(37)12-21)15-32(45)43-29-18-42-17-28(38)26(29)7-6-25-16-41-9-10-44(25)33(46)20-3-8-30-31(13-20)48-34(39,40)47-30/h1-5,8,11-14,17-18,25,27,41H,6-7,9-10,15-16H2,(H,43,45)/t25-,27?/m0/s1. The number of ether oxygens (including phenoxy) is 2. The van der Waals surface area contributed by atoms with Gasteiger partial charge in [0.1, 0.15) is 23.3 Å². The second kappa shape index (κ2) is 13.6. The molecular weight excluding hydrogens is 642 g/mol. The van der Waals surface area contributed by atoms with Crippen molar-refractivity contribution < 1.29 is 45.4 Å². The molecule has 48 heavy (non-hydrogen) atoms. The molecule has 3 heterocycles. The Bertz CT molecular complexity index is 1820. The number of aromatic nitrogens is 1. The molecule has 8 nitrogen and oxygen atoms in total. The number of nitrogens with one attached hydrogen (secondary N) is 2. The lowest BCUT2D eigenvalue weighted by Gasteiger charge is -2.36. The first-order valence-electron chi connectivity index (χ1n) is 15.0. The minimum atomic E-state index is -3.83. The third-order valence-electron chi connectivity index (χ3n) is 8.22. The van der Waals surface area contributed by atoms with Gasteiger partial charge in [0.05, 0.1) is 18.1 Å². The van der Waals surface area contributed by atoms with Crippen molar-refractivity contribution in [1.29, 1.82) is 0 Å². The fourth-order valence-corrected chi connectivity index (χ4v) is 5.95. The van der Waals surface area contributed by atoms with Crippen LogP contribution in [-0.2, 0) is 11.2 Å². The van der Waals surface area contributed by atoms with Crippen LogP contribution < -0.4 is 20.1 Å². The van der Waals surface area contributed by atoms with E-state index in [1.807, 2.05) is 0 Å². The van der Waals surface area contributed by atoms with Crippen molar-refractivity contribution in [3.05, 3.63) is 119 Å². The molecule has 2 amide bonds. The molecule has 250 valence electrons. The minimum absolute atomic E-state index is 0.0709. The van der Waals surface area contributed by atoms with Crippen molar-refractivity contribution in [1.82, 2.24) is 15.2 Å².